The van der Waals surface area contributed by atoms with Gasteiger partial charge in [-0.1, -0.05) is 12.1 Å². The van der Waals surface area contributed by atoms with Gasteiger partial charge in [0.1, 0.15) is 31.4 Å². The monoisotopic (exact) mass is 380 g/mol. The van der Waals surface area contributed by atoms with Gasteiger partial charge in [0, 0.05) is 17.1 Å². The molecule has 28 heavy (non-hydrogen) atoms. The fourth-order valence-electron chi connectivity index (χ4n) is 3.04. The Kier molecular flexibility index (Phi) is 4.94. The first kappa shape index (κ1) is 18.0. The molecule has 0 fully saturated rings. The number of aromatic nitrogens is 2. The number of fused-ring (bicyclic) bond motifs is 2. The Morgan fingerprint density at radius 3 is 2.61 bits per heavy atom. The molecule has 1 aromatic heterocycles. The van der Waals surface area contributed by atoms with E-state index >= 15 is 0 Å². The number of hydrogen-bond donors (Lipinski definition) is 2. The van der Waals surface area contributed by atoms with E-state index in [1.165, 1.54) is 13.4 Å². The van der Waals surface area contributed by atoms with Crippen molar-refractivity contribution in [2.24, 2.45) is 5.73 Å². The summed E-state index contributed by atoms with van der Waals surface area (Å²) in [5.74, 6) is 1.61. The molecule has 0 amide bonds. The summed E-state index contributed by atoms with van der Waals surface area (Å²) < 4.78 is 15.9. The Labute approximate surface area is 161 Å². The highest BCUT2D eigenvalue weighted by molar-refractivity contribution is 5.93. The summed E-state index contributed by atoms with van der Waals surface area (Å²) in [4.78, 5) is 20.1. The van der Waals surface area contributed by atoms with Gasteiger partial charge in [-0.05, 0) is 30.2 Å². The third kappa shape index (κ3) is 3.67. The molecule has 0 saturated heterocycles. The largest absolute Gasteiger partial charge is 0.486 e. The van der Waals surface area contributed by atoms with E-state index in [-0.39, 0.29) is 0 Å². The molecule has 0 aliphatic carbocycles. The van der Waals surface area contributed by atoms with E-state index in [2.05, 4.69) is 20.0 Å². The maximum Gasteiger partial charge on any atom is 0.322 e. The first-order valence-corrected chi connectivity index (χ1v) is 8.88. The van der Waals surface area contributed by atoms with E-state index < -0.39 is 12.0 Å². The van der Waals surface area contributed by atoms with Crippen molar-refractivity contribution in [1.29, 1.82) is 0 Å². The SMILES string of the molecule is COC(=O)[C@@H](N)Cc1ccc(Nc2ncnc3cc4c(cc23)OCCO4)cc1. The highest BCUT2D eigenvalue weighted by Crippen LogP contribution is 2.36. The number of carbonyl (C=O) groups is 1. The highest BCUT2D eigenvalue weighted by Gasteiger charge is 2.16. The van der Waals surface area contributed by atoms with Crippen molar-refractivity contribution in [3.63, 3.8) is 0 Å². The lowest BCUT2D eigenvalue weighted by Crippen LogP contribution is -2.33. The van der Waals surface area contributed by atoms with Crippen LogP contribution in [0.25, 0.3) is 10.9 Å². The molecule has 0 saturated carbocycles. The predicted molar refractivity (Wildman–Crippen MR) is 104 cm³/mol. The van der Waals surface area contributed by atoms with Gasteiger partial charge in [0.2, 0.25) is 0 Å². The number of methoxy groups -OCH3 is 1. The quantitative estimate of drug-likeness (QED) is 0.649. The van der Waals surface area contributed by atoms with Gasteiger partial charge in [-0.25, -0.2) is 9.97 Å². The Morgan fingerprint density at radius 1 is 1.18 bits per heavy atom. The van der Waals surface area contributed by atoms with Crippen LogP contribution in [0.1, 0.15) is 5.56 Å². The number of esters is 1. The molecule has 1 aliphatic rings. The smallest absolute Gasteiger partial charge is 0.322 e. The number of nitrogens with zero attached hydrogens (tertiary/aromatic N) is 2. The minimum atomic E-state index is -0.678. The van der Waals surface area contributed by atoms with Crippen LogP contribution in [-0.4, -0.2) is 42.3 Å². The number of ether oxygens (including phenoxy) is 3. The number of carbonyl (C=O) groups excluding carboxylic acids is 1. The zero-order chi connectivity index (χ0) is 19.5. The van der Waals surface area contributed by atoms with Crippen molar-refractivity contribution in [3.8, 4) is 11.5 Å². The van der Waals surface area contributed by atoms with Crippen molar-refractivity contribution in [3.05, 3.63) is 48.3 Å². The van der Waals surface area contributed by atoms with Gasteiger partial charge in [0.25, 0.3) is 0 Å². The first-order chi connectivity index (χ1) is 13.6. The second kappa shape index (κ2) is 7.69. The van der Waals surface area contributed by atoms with E-state index in [4.69, 9.17) is 15.2 Å². The fourth-order valence-corrected chi connectivity index (χ4v) is 3.04. The number of nitrogens with one attached hydrogen (secondary N) is 1. The molecule has 8 nitrogen and oxygen atoms in total. The van der Waals surface area contributed by atoms with Crippen molar-refractivity contribution in [2.45, 2.75) is 12.5 Å². The normalized spacial score (nSPS) is 13.8. The maximum absolute atomic E-state index is 11.5. The second-order valence-electron chi connectivity index (χ2n) is 6.39. The van der Waals surface area contributed by atoms with E-state index in [1.807, 2.05) is 36.4 Å². The Balaban J connectivity index is 1.55. The van der Waals surface area contributed by atoms with Crippen LogP contribution in [0.3, 0.4) is 0 Å². The van der Waals surface area contributed by atoms with Gasteiger partial charge < -0.3 is 25.3 Å². The van der Waals surface area contributed by atoms with Crippen molar-refractivity contribution < 1.29 is 19.0 Å². The molecular formula is C20H20N4O4. The van der Waals surface area contributed by atoms with Crippen LogP contribution in [0.2, 0.25) is 0 Å². The van der Waals surface area contributed by atoms with Gasteiger partial charge in [-0.15, -0.1) is 0 Å². The number of nitrogens with two attached hydrogens (primary N) is 1. The Hall–Kier alpha value is -3.39. The average Bonchev–Trinajstić information content (AvgIpc) is 2.73. The molecule has 3 aromatic rings. The number of rotatable bonds is 5. The Morgan fingerprint density at radius 2 is 1.89 bits per heavy atom. The van der Waals surface area contributed by atoms with E-state index in [1.54, 1.807) is 0 Å². The van der Waals surface area contributed by atoms with Crippen LogP contribution in [0.5, 0.6) is 11.5 Å². The number of hydrogen-bond acceptors (Lipinski definition) is 8. The summed E-state index contributed by atoms with van der Waals surface area (Å²) in [7, 11) is 1.33. The molecule has 8 heteroatoms. The molecule has 2 heterocycles. The summed E-state index contributed by atoms with van der Waals surface area (Å²) in [6.07, 6.45) is 1.91. The molecule has 1 atom stereocenters. The van der Waals surface area contributed by atoms with Gasteiger partial charge in [-0.3, -0.25) is 4.79 Å². The van der Waals surface area contributed by atoms with Crippen LogP contribution in [0, 0.1) is 0 Å². The summed E-state index contributed by atoms with van der Waals surface area (Å²) in [6.45, 7) is 1.05. The summed E-state index contributed by atoms with van der Waals surface area (Å²) in [6, 6.07) is 10.7. The number of anilines is 2. The molecule has 144 valence electrons. The lowest BCUT2D eigenvalue weighted by molar-refractivity contribution is -0.142. The number of benzene rings is 2. The summed E-state index contributed by atoms with van der Waals surface area (Å²) in [5, 5.41) is 4.13. The van der Waals surface area contributed by atoms with Crippen LogP contribution < -0.4 is 20.5 Å². The fraction of sp³-hybridized carbons (Fsp3) is 0.250. The molecule has 0 bridgehead atoms. The molecule has 3 N–H and O–H groups in total. The van der Waals surface area contributed by atoms with Crippen molar-refractivity contribution in [2.75, 3.05) is 25.6 Å². The molecule has 0 radical (unpaired) electrons. The van der Waals surface area contributed by atoms with Crippen LogP contribution in [-0.2, 0) is 16.0 Å². The highest BCUT2D eigenvalue weighted by atomic mass is 16.6. The van der Waals surface area contributed by atoms with Crippen LogP contribution in [0.4, 0.5) is 11.5 Å². The standard InChI is InChI=1S/C20H20N4O4/c1-26-20(25)15(21)8-12-2-4-13(5-3-12)24-19-14-9-17-18(28-7-6-27-17)10-16(14)22-11-23-19/h2-5,9-11,15H,6-8,21H2,1H3,(H,22,23,24)/t15-/m0/s1. The van der Waals surface area contributed by atoms with Crippen molar-refractivity contribution >= 4 is 28.4 Å². The lowest BCUT2D eigenvalue weighted by atomic mass is 10.1. The van der Waals surface area contributed by atoms with Crippen LogP contribution >= 0.6 is 0 Å². The Bertz CT molecular complexity index is 1010. The molecule has 0 unspecified atom stereocenters. The summed E-state index contributed by atoms with van der Waals surface area (Å²) >= 11 is 0. The second-order valence-corrected chi connectivity index (χ2v) is 6.39. The molecule has 0 spiro atoms. The van der Waals surface area contributed by atoms with Gasteiger partial charge in [0.05, 0.1) is 12.6 Å². The van der Waals surface area contributed by atoms with E-state index in [9.17, 15) is 4.79 Å². The average molecular weight is 380 g/mol. The third-order valence-electron chi connectivity index (χ3n) is 4.48. The van der Waals surface area contributed by atoms with Gasteiger partial charge in [-0.2, -0.15) is 0 Å². The third-order valence-corrected chi connectivity index (χ3v) is 4.48. The van der Waals surface area contributed by atoms with E-state index in [0.29, 0.717) is 37.0 Å². The zero-order valence-corrected chi connectivity index (χ0v) is 15.3. The molecule has 1 aliphatic heterocycles. The minimum Gasteiger partial charge on any atom is -0.486 e. The van der Waals surface area contributed by atoms with Crippen molar-refractivity contribution in [1.82, 2.24) is 9.97 Å². The molecule has 4 rings (SSSR count). The predicted octanol–water partition coefficient (Wildman–Crippen LogP) is 2.19. The lowest BCUT2D eigenvalue weighted by Gasteiger charge is -2.19. The topological polar surface area (TPSA) is 109 Å². The summed E-state index contributed by atoms with van der Waals surface area (Å²) in [5.41, 5.74) is 8.37. The molecular weight excluding hydrogens is 360 g/mol. The van der Waals surface area contributed by atoms with Gasteiger partial charge in [0.15, 0.2) is 11.5 Å². The van der Waals surface area contributed by atoms with Crippen LogP contribution in [0.15, 0.2) is 42.7 Å². The van der Waals surface area contributed by atoms with Gasteiger partial charge >= 0.3 is 5.97 Å². The first-order valence-electron chi connectivity index (χ1n) is 8.88. The molecule has 2 aromatic carbocycles. The zero-order valence-electron chi connectivity index (χ0n) is 15.3. The minimum absolute atomic E-state index is 0.410. The maximum atomic E-state index is 11.5. The van der Waals surface area contributed by atoms with E-state index in [0.717, 1.165) is 22.2 Å².